The summed E-state index contributed by atoms with van der Waals surface area (Å²) >= 11 is 5.99. The number of hydrogen-bond acceptors (Lipinski definition) is 2. The van der Waals surface area contributed by atoms with E-state index in [1.165, 1.54) is 5.69 Å². The van der Waals surface area contributed by atoms with Gasteiger partial charge in [-0.05, 0) is 38.5 Å². The second-order valence-corrected chi connectivity index (χ2v) is 5.12. The van der Waals surface area contributed by atoms with Gasteiger partial charge in [0.15, 0.2) is 0 Å². The van der Waals surface area contributed by atoms with Crippen molar-refractivity contribution in [2.75, 3.05) is 11.4 Å². The van der Waals surface area contributed by atoms with E-state index < -0.39 is 0 Å². The molecule has 0 bridgehead atoms. The predicted molar refractivity (Wildman–Crippen MR) is 65.5 cm³/mol. The van der Waals surface area contributed by atoms with Crippen LogP contribution >= 0.6 is 11.6 Å². The van der Waals surface area contributed by atoms with E-state index in [0.29, 0.717) is 0 Å². The minimum Gasteiger partial charge on any atom is -0.365 e. The van der Waals surface area contributed by atoms with Crippen molar-refractivity contribution in [3.8, 4) is 0 Å². The Kier molecular flexibility index (Phi) is 2.65. The van der Waals surface area contributed by atoms with Gasteiger partial charge in [0.1, 0.15) is 0 Å². The van der Waals surface area contributed by atoms with Gasteiger partial charge < -0.3 is 10.6 Å². The molecule has 15 heavy (non-hydrogen) atoms. The largest absolute Gasteiger partial charge is 0.365 e. The molecule has 1 fully saturated rings. The van der Waals surface area contributed by atoms with E-state index in [1.54, 1.807) is 0 Å². The fourth-order valence-corrected chi connectivity index (χ4v) is 2.40. The summed E-state index contributed by atoms with van der Waals surface area (Å²) in [5, 5.41) is 0.781. The first kappa shape index (κ1) is 10.8. The molecule has 2 rings (SSSR count). The summed E-state index contributed by atoms with van der Waals surface area (Å²) in [6, 6.07) is 8.20. The Morgan fingerprint density at radius 2 is 2.20 bits per heavy atom. The monoisotopic (exact) mass is 224 g/mol. The minimum atomic E-state index is 0.0185. The van der Waals surface area contributed by atoms with Gasteiger partial charge >= 0.3 is 0 Å². The summed E-state index contributed by atoms with van der Waals surface area (Å²) in [6.45, 7) is 5.38. The molecule has 0 amide bonds. The maximum atomic E-state index is 6.10. The zero-order chi connectivity index (χ0) is 11.1. The van der Waals surface area contributed by atoms with Gasteiger partial charge in [-0.25, -0.2) is 0 Å². The molecule has 2 nitrogen and oxygen atoms in total. The lowest BCUT2D eigenvalue weighted by Gasteiger charge is -2.36. The number of nitrogens with zero attached hydrogens (tertiary/aromatic N) is 1. The molecule has 1 atom stereocenters. The predicted octanol–water partition coefficient (Wildman–Crippen LogP) is 2.66. The van der Waals surface area contributed by atoms with Crippen LogP contribution in [0.2, 0.25) is 5.02 Å². The van der Waals surface area contributed by atoms with Crippen LogP contribution in [0, 0.1) is 0 Å². The number of halogens is 1. The van der Waals surface area contributed by atoms with Gasteiger partial charge in [0.2, 0.25) is 0 Å². The summed E-state index contributed by atoms with van der Waals surface area (Å²) in [7, 11) is 0. The summed E-state index contributed by atoms with van der Waals surface area (Å²) in [5.41, 5.74) is 7.29. The molecule has 3 heteroatoms. The van der Waals surface area contributed by atoms with Crippen LogP contribution in [0.4, 0.5) is 5.69 Å². The molecule has 1 saturated heterocycles. The van der Waals surface area contributed by atoms with E-state index >= 15 is 0 Å². The van der Waals surface area contributed by atoms with Crippen LogP contribution in [-0.2, 0) is 0 Å². The van der Waals surface area contributed by atoms with Crippen molar-refractivity contribution in [3.05, 3.63) is 29.3 Å². The van der Waals surface area contributed by atoms with Crippen molar-refractivity contribution in [1.82, 2.24) is 0 Å². The third-order valence-electron chi connectivity index (χ3n) is 3.39. The fraction of sp³-hybridized carbons (Fsp3) is 0.500. The molecular weight excluding hydrogens is 208 g/mol. The average molecular weight is 225 g/mol. The molecule has 1 unspecified atom stereocenters. The Hall–Kier alpha value is -0.730. The molecule has 2 N–H and O–H groups in total. The quantitative estimate of drug-likeness (QED) is 0.795. The van der Waals surface area contributed by atoms with Crippen LogP contribution in [0.3, 0.4) is 0 Å². The molecule has 0 radical (unpaired) electrons. The van der Waals surface area contributed by atoms with Crippen LogP contribution in [0.5, 0.6) is 0 Å². The number of anilines is 1. The molecule has 0 aliphatic carbocycles. The van der Waals surface area contributed by atoms with Crippen molar-refractivity contribution in [1.29, 1.82) is 0 Å². The van der Waals surface area contributed by atoms with Crippen LogP contribution in [0.15, 0.2) is 24.3 Å². The smallest absolute Gasteiger partial charge is 0.0497 e. The highest BCUT2D eigenvalue weighted by Gasteiger charge is 2.38. The number of hydrogen-bond donors (Lipinski definition) is 1. The van der Waals surface area contributed by atoms with Crippen LogP contribution in [-0.4, -0.2) is 18.1 Å². The Labute approximate surface area is 96.0 Å². The van der Waals surface area contributed by atoms with Crippen molar-refractivity contribution in [2.45, 2.75) is 31.8 Å². The number of rotatable bonds is 1. The van der Waals surface area contributed by atoms with E-state index in [9.17, 15) is 0 Å². The second-order valence-electron chi connectivity index (χ2n) is 4.68. The van der Waals surface area contributed by atoms with Gasteiger partial charge in [0.25, 0.3) is 0 Å². The average Bonchev–Trinajstić information content (AvgIpc) is 2.42. The van der Waals surface area contributed by atoms with E-state index in [0.717, 1.165) is 18.0 Å². The summed E-state index contributed by atoms with van der Waals surface area (Å²) in [6.07, 6.45) is 1.04. The van der Waals surface area contributed by atoms with Crippen molar-refractivity contribution < 1.29 is 0 Å². The van der Waals surface area contributed by atoms with Gasteiger partial charge in [-0.15, -0.1) is 0 Å². The zero-order valence-electron chi connectivity index (χ0n) is 9.20. The molecule has 0 spiro atoms. The molecule has 0 aromatic heterocycles. The van der Waals surface area contributed by atoms with E-state index in [2.05, 4.69) is 24.8 Å². The molecule has 1 aliphatic heterocycles. The summed E-state index contributed by atoms with van der Waals surface area (Å²) in [4.78, 5) is 2.34. The van der Waals surface area contributed by atoms with Gasteiger partial charge in [-0.1, -0.05) is 17.7 Å². The third-order valence-corrected chi connectivity index (χ3v) is 3.62. The highest BCUT2D eigenvalue weighted by Crippen LogP contribution is 2.33. The second kappa shape index (κ2) is 3.69. The molecule has 1 aromatic rings. The Bertz CT molecular complexity index is 362. The standard InChI is InChI=1S/C12H17ClN2/c1-12(2)11(14)6-7-15(12)10-5-3-4-9(13)8-10/h3-5,8,11H,6-7,14H2,1-2H3. The van der Waals surface area contributed by atoms with Crippen molar-refractivity contribution >= 4 is 17.3 Å². The van der Waals surface area contributed by atoms with Crippen molar-refractivity contribution in [3.63, 3.8) is 0 Å². The molecule has 82 valence electrons. The Balaban J connectivity index is 2.32. The van der Waals surface area contributed by atoms with E-state index in [4.69, 9.17) is 17.3 Å². The highest BCUT2D eigenvalue weighted by molar-refractivity contribution is 6.30. The first-order valence-electron chi connectivity index (χ1n) is 5.30. The lowest BCUT2D eigenvalue weighted by atomic mass is 9.96. The van der Waals surface area contributed by atoms with Crippen LogP contribution < -0.4 is 10.6 Å². The van der Waals surface area contributed by atoms with Crippen LogP contribution in [0.25, 0.3) is 0 Å². The Morgan fingerprint density at radius 1 is 1.47 bits per heavy atom. The highest BCUT2D eigenvalue weighted by atomic mass is 35.5. The number of benzene rings is 1. The van der Waals surface area contributed by atoms with Gasteiger partial charge in [-0.2, -0.15) is 0 Å². The summed E-state index contributed by atoms with van der Waals surface area (Å²) in [5.74, 6) is 0. The van der Waals surface area contributed by atoms with Gasteiger partial charge in [0.05, 0.1) is 0 Å². The first-order valence-corrected chi connectivity index (χ1v) is 5.68. The maximum absolute atomic E-state index is 6.10. The molecular formula is C12H17ClN2. The topological polar surface area (TPSA) is 29.3 Å². The molecule has 1 heterocycles. The summed E-state index contributed by atoms with van der Waals surface area (Å²) < 4.78 is 0. The number of nitrogens with two attached hydrogens (primary N) is 1. The fourth-order valence-electron chi connectivity index (χ4n) is 2.22. The molecule has 1 aromatic carbocycles. The first-order chi connectivity index (χ1) is 7.01. The molecule has 1 aliphatic rings. The third kappa shape index (κ3) is 1.84. The zero-order valence-corrected chi connectivity index (χ0v) is 9.96. The lowest BCUT2D eigenvalue weighted by molar-refractivity contribution is 0.453. The van der Waals surface area contributed by atoms with Crippen LogP contribution in [0.1, 0.15) is 20.3 Å². The minimum absolute atomic E-state index is 0.0185. The van der Waals surface area contributed by atoms with E-state index in [-0.39, 0.29) is 11.6 Å². The lowest BCUT2D eigenvalue weighted by Crippen LogP contribution is -2.48. The van der Waals surface area contributed by atoms with Gasteiger partial charge in [0, 0.05) is 28.8 Å². The SMILES string of the molecule is CC1(C)C(N)CCN1c1cccc(Cl)c1. The molecule has 0 saturated carbocycles. The van der Waals surface area contributed by atoms with Crippen molar-refractivity contribution in [2.24, 2.45) is 5.73 Å². The maximum Gasteiger partial charge on any atom is 0.0497 e. The Morgan fingerprint density at radius 3 is 2.73 bits per heavy atom. The normalized spacial score (nSPS) is 24.5. The van der Waals surface area contributed by atoms with E-state index in [1.807, 2.05) is 18.2 Å². The van der Waals surface area contributed by atoms with Gasteiger partial charge in [-0.3, -0.25) is 0 Å².